The number of aromatic nitrogens is 4. The van der Waals surface area contributed by atoms with Crippen LogP contribution in [0.1, 0.15) is 50.8 Å². The van der Waals surface area contributed by atoms with Gasteiger partial charge in [0, 0.05) is 18.7 Å². The number of hydrogen-bond acceptors (Lipinski definition) is 5. The van der Waals surface area contributed by atoms with Crippen LogP contribution in [0.15, 0.2) is 9.68 Å². The van der Waals surface area contributed by atoms with Gasteiger partial charge in [0.1, 0.15) is 0 Å². The summed E-state index contributed by atoms with van der Waals surface area (Å²) < 4.78 is 7.58. The van der Waals surface area contributed by atoms with Crippen LogP contribution in [0.5, 0.6) is 0 Å². The number of aryl methyl sites for hydroxylation is 1. The van der Waals surface area contributed by atoms with Gasteiger partial charge in [-0.05, 0) is 25.7 Å². The molecule has 2 aromatic rings. The molecule has 0 aliphatic rings. The van der Waals surface area contributed by atoms with E-state index in [-0.39, 0.29) is 0 Å². The van der Waals surface area contributed by atoms with E-state index in [4.69, 9.17) is 4.52 Å². The quantitative estimate of drug-likeness (QED) is 0.720. The lowest BCUT2D eigenvalue weighted by Crippen LogP contribution is -2.07. The molecule has 122 valence electrons. The molecule has 22 heavy (non-hydrogen) atoms. The van der Waals surface area contributed by atoms with E-state index in [0.29, 0.717) is 17.6 Å². The van der Waals surface area contributed by atoms with Crippen molar-refractivity contribution in [1.82, 2.24) is 19.7 Å². The minimum atomic E-state index is 0.524. The largest absolute Gasteiger partial charge is 0.339 e. The van der Waals surface area contributed by atoms with Crippen molar-refractivity contribution in [3.05, 3.63) is 23.1 Å². The zero-order chi connectivity index (χ0) is 16.3. The summed E-state index contributed by atoms with van der Waals surface area (Å²) in [6.07, 6.45) is 0.831. The first-order chi connectivity index (χ1) is 10.4. The number of thioether (sulfide) groups is 1. The van der Waals surface area contributed by atoms with Crippen LogP contribution in [0, 0.1) is 25.7 Å². The summed E-state index contributed by atoms with van der Waals surface area (Å²) >= 11 is 1.68. The van der Waals surface area contributed by atoms with Gasteiger partial charge in [-0.2, -0.15) is 4.98 Å². The highest BCUT2D eigenvalue weighted by atomic mass is 32.2. The molecule has 5 nitrogen and oxygen atoms in total. The third kappa shape index (κ3) is 4.35. The number of rotatable bonds is 7. The Morgan fingerprint density at radius 1 is 1.09 bits per heavy atom. The normalized spacial score (nSPS) is 11.8. The maximum atomic E-state index is 5.29. The molecule has 2 aromatic heterocycles. The lowest BCUT2D eigenvalue weighted by Gasteiger charge is -2.11. The van der Waals surface area contributed by atoms with E-state index in [2.05, 4.69) is 61.2 Å². The molecule has 0 radical (unpaired) electrons. The Balaban J connectivity index is 2.05. The van der Waals surface area contributed by atoms with Gasteiger partial charge in [-0.1, -0.05) is 44.6 Å². The molecule has 0 N–H and O–H groups in total. The fraction of sp³-hybridized carbons (Fsp3) is 0.688. The van der Waals surface area contributed by atoms with Crippen LogP contribution in [-0.2, 0) is 18.7 Å². The van der Waals surface area contributed by atoms with E-state index in [1.807, 2.05) is 0 Å². The minimum Gasteiger partial charge on any atom is -0.339 e. The molecule has 0 unspecified atom stereocenters. The van der Waals surface area contributed by atoms with Crippen LogP contribution in [0.2, 0.25) is 0 Å². The van der Waals surface area contributed by atoms with Crippen molar-refractivity contribution < 1.29 is 4.52 Å². The second kappa shape index (κ2) is 7.31. The number of hydrogen-bond donors (Lipinski definition) is 0. The molecular formula is C16H26N4OS. The summed E-state index contributed by atoms with van der Waals surface area (Å²) in [5, 5.41) is 5.10. The zero-order valence-electron chi connectivity index (χ0n) is 14.4. The number of nitrogens with zero attached hydrogens (tertiary/aromatic N) is 4. The minimum absolute atomic E-state index is 0.524. The average Bonchev–Trinajstić information content (AvgIpc) is 2.95. The number of imidazole rings is 1. The van der Waals surface area contributed by atoms with Crippen molar-refractivity contribution in [3.63, 3.8) is 0 Å². The Bertz CT molecular complexity index is 616. The molecule has 0 aromatic carbocycles. The van der Waals surface area contributed by atoms with Crippen molar-refractivity contribution in [2.45, 2.75) is 65.4 Å². The van der Waals surface area contributed by atoms with Gasteiger partial charge in [-0.3, -0.25) is 0 Å². The van der Waals surface area contributed by atoms with Gasteiger partial charge in [0.2, 0.25) is 5.89 Å². The molecule has 0 aliphatic heterocycles. The van der Waals surface area contributed by atoms with Crippen LogP contribution in [-0.4, -0.2) is 19.7 Å². The monoisotopic (exact) mass is 322 g/mol. The Hall–Kier alpha value is -1.30. The molecule has 0 spiro atoms. The van der Waals surface area contributed by atoms with Gasteiger partial charge in [0.05, 0.1) is 11.4 Å². The van der Waals surface area contributed by atoms with E-state index >= 15 is 0 Å². The second-order valence-electron chi connectivity index (χ2n) is 6.56. The van der Waals surface area contributed by atoms with E-state index in [9.17, 15) is 0 Å². The van der Waals surface area contributed by atoms with Gasteiger partial charge < -0.3 is 9.09 Å². The lowest BCUT2D eigenvalue weighted by molar-refractivity contribution is 0.360. The molecule has 0 saturated heterocycles. The Morgan fingerprint density at radius 3 is 2.45 bits per heavy atom. The molecule has 2 rings (SSSR count). The maximum absolute atomic E-state index is 5.29. The van der Waals surface area contributed by atoms with Gasteiger partial charge in [0.15, 0.2) is 11.0 Å². The Morgan fingerprint density at radius 2 is 1.82 bits per heavy atom. The van der Waals surface area contributed by atoms with Crippen molar-refractivity contribution in [2.24, 2.45) is 11.8 Å². The van der Waals surface area contributed by atoms with E-state index in [1.54, 1.807) is 11.8 Å². The van der Waals surface area contributed by atoms with Crippen LogP contribution in [0.25, 0.3) is 0 Å². The molecule has 0 atom stereocenters. The standard InChI is InChI=1S/C16H26N4OS/c1-10(2)7-15-18-14(19-21-15)9-22-16-17-12(5)13(6)20(16)8-11(3)4/h10-11H,7-9H2,1-6H3. The molecule has 0 saturated carbocycles. The molecule has 0 fully saturated rings. The Labute approximate surface area is 136 Å². The molecule has 0 amide bonds. The zero-order valence-corrected chi connectivity index (χ0v) is 15.2. The predicted octanol–water partition coefficient (Wildman–Crippen LogP) is 4.03. The first kappa shape index (κ1) is 17.1. The summed E-state index contributed by atoms with van der Waals surface area (Å²) in [6.45, 7) is 13.9. The summed E-state index contributed by atoms with van der Waals surface area (Å²) in [6, 6.07) is 0. The summed E-state index contributed by atoms with van der Waals surface area (Å²) in [7, 11) is 0. The van der Waals surface area contributed by atoms with Gasteiger partial charge in [-0.15, -0.1) is 0 Å². The maximum Gasteiger partial charge on any atom is 0.226 e. The van der Waals surface area contributed by atoms with E-state index in [1.165, 1.54) is 5.69 Å². The molecular weight excluding hydrogens is 296 g/mol. The third-order valence-electron chi connectivity index (χ3n) is 3.39. The molecule has 0 bridgehead atoms. The van der Waals surface area contributed by atoms with E-state index in [0.717, 1.165) is 35.5 Å². The molecule has 2 heterocycles. The summed E-state index contributed by atoms with van der Waals surface area (Å²) in [5.74, 6) is 3.28. The van der Waals surface area contributed by atoms with Crippen molar-refractivity contribution in [2.75, 3.05) is 0 Å². The van der Waals surface area contributed by atoms with Crippen LogP contribution < -0.4 is 0 Å². The van der Waals surface area contributed by atoms with Crippen molar-refractivity contribution in [3.8, 4) is 0 Å². The topological polar surface area (TPSA) is 56.7 Å². The highest BCUT2D eigenvalue weighted by Gasteiger charge is 2.15. The smallest absolute Gasteiger partial charge is 0.226 e. The van der Waals surface area contributed by atoms with Gasteiger partial charge in [-0.25, -0.2) is 4.98 Å². The lowest BCUT2D eigenvalue weighted by atomic mass is 10.1. The summed E-state index contributed by atoms with van der Waals surface area (Å²) in [4.78, 5) is 9.12. The first-order valence-electron chi connectivity index (χ1n) is 7.84. The fourth-order valence-corrected chi connectivity index (χ4v) is 3.17. The van der Waals surface area contributed by atoms with Crippen molar-refractivity contribution >= 4 is 11.8 Å². The highest BCUT2D eigenvalue weighted by Crippen LogP contribution is 2.25. The highest BCUT2D eigenvalue weighted by molar-refractivity contribution is 7.98. The Kier molecular flexibility index (Phi) is 5.67. The summed E-state index contributed by atoms with van der Waals surface area (Å²) in [5.41, 5.74) is 2.33. The van der Waals surface area contributed by atoms with E-state index < -0.39 is 0 Å². The van der Waals surface area contributed by atoms with Crippen LogP contribution >= 0.6 is 11.8 Å². The third-order valence-corrected chi connectivity index (χ3v) is 4.37. The van der Waals surface area contributed by atoms with Crippen LogP contribution in [0.3, 0.4) is 0 Å². The first-order valence-corrected chi connectivity index (χ1v) is 8.83. The second-order valence-corrected chi connectivity index (χ2v) is 7.50. The van der Waals surface area contributed by atoms with Crippen LogP contribution in [0.4, 0.5) is 0 Å². The molecule has 6 heteroatoms. The molecule has 0 aliphatic carbocycles. The van der Waals surface area contributed by atoms with Gasteiger partial charge >= 0.3 is 0 Å². The average molecular weight is 322 g/mol. The van der Waals surface area contributed by atoms with Gasteiger partial charge in [0.25, 0.3) is 0 Å². The fourth-order valence-electron chi connectivity index (χ4n) is 2.22. The SMILES string of the molecule is Cc1nc(SCc2noc(CC(C)C)n2)n(CC(C)C)c1C. The predicted molar refractivity (Wildman–Crippen MR) is 88.9 cm³/mol. The van der Waals surface area contributed by atoms with Crippen molar-refractivity contribution in [1.29, 1.82) is 0 Å².